The van der Waals surface area contributed by atoms with Crippen LogP contribution < -0.4 is 10.5 Å². The number of hydrogen-bond donors (Lipinski definition) is 2. The minimum absolute atomic E-state index is 0.111. The van der Waals surface area contributed by atoms with Gasteiger partial charge in [-0.1, -0.05) is 11.2 Å². The van der Waals surface area contributed by atoms with E-state index in [9.17, 15) is 8.42 Å². The molecule has 104 valence electrons. The maximum atomic E-state index is 12.3. The van der Waals surface area contributed by atoms with Gasteiger partial charge in [0.25, 0.3) is 10.0 Å². The smallest absolute Gasteiger partial charge is 0.329 e. The highest BCUT2D eigenvalue weighted by Crippen LogP contribution is 2.22. The number of nitrogens with zero attached hydrogens (tertiary/aromatic N) is 4. The Morgan fingerprint density at radius 1 is 1.35 bits per heavy atom. The van der Waals surface area contributed by atoms with Gasteiger partial charge in [0.1, 0.15) is 5.65 Å². The van der Waals surface area contributed by atoms with Gasteiger partial charge in [-0.15, -0.1) is 5.10 Å². The molecule has 0 aliphatic rings. The lowest BCUT2D eigenvalue weighted by atomic mass is 10.5. The van der Waals surface area contributed by atoms with Gasteiger partial charge in [0.15, 0.2) is 5.82 Å². The van der Waals surface area contributed by atoms with Crippen LogP contribution in [-0.2, 0) is 10.0 Å². The molecular weight excluding hydrogens is 284 g/mol. The Morgan fingerprint density at radius 2 is 2.15 bits per heavy atom. The highest BCUT2D eigenvalue weighted by atomic mass is 32.2. The van der Waals surface area contributed by atoms with Gasteiger partial charge in [0, 0.05) is 13.1 Å². The molecule has 3 aromatic rings. The van der Waals surface area contributed by atoms with Crippen LogP contribution in [0.15, 0.2) is 33.8 Å². The SMILES string of the molecule is Cc1nnc(NS(=O)(=O)c2c(N)nc3ccccn23)o1. The number of hydrogen-bond acceptors (Lipinski definition) is 7. The Hall–Kier alpha value is -2.62. The predicted molar refractivity (Wildman–Crippen MR) is 69.4 cm³/mol. The minimum atomic E-state index is -3.98. The first kappa shape index (κ1) is 12.4. The number of fused-ring (bicyclic) bond motifs is 1. The summed E-state index contributed by atoms with van der Waals surface area (Å²) in [5.41, 5.74) is 6.10. The normalized spacial score (nSPS) is 11.8. The second-order valence-corrected chi connectivity index (χ2v) is 5.56. The van der Waals surface area contributed by atoms with Crippen molar-refractivity contribution in [2.45, 2.75) is 11.9 Å². The number of aromatic nitrogens is 4. The molecule has 0 unspecified atom stereocenters. The second-order valence-electron chi connectivity index (χ2n) is 3.96. The van der Waals surface area contributed by atoms with Gasteiger partial charge in [0.05, 0.1) is 0 Å². The van der Waals surface area contributed by atoms with Crippen LogP contribution in [-0.4, -0.2) is 28.0 Å². The number of nitrogens with one attached hydrogen (secondary N) is 1. The first-order valence-electron chi connectivity index (χ1n) is 5.53. The topological polar surface area (TPSA) is 128 Å². The van der Waals surface area contributed by atoms with Crippen LogP contribution in [0.5, 0.6) is 0 Å². The Kier molecular flexibility index (Phi) is 2.61. The van der Waals surface area contributed by atoms with Crippen molar-refractivity contribution < 1.29 is 12.8 Å². The van der Waals surface area contributed by atoms with Gasteiger partial charge in [-0.25, -0.2) is 9.71 Å². The van der Waals surface area contributed by atoms with Crippen molar-refractivity contribution in [3.8, 4) is 0 Å². The fraction of sp³-hybridized carbons (Fsp3) is 0.100. The van der Waals surface area contributed by atoms with Crippen LogP contribution in [0.3, 0.4) is 0 Å². The maximum Gasteiger partial charge on any atom is 0.329 e. The van der Waals surface area contributed by atoms with Gasteiger partial charge in [-0.3, -0.25) is 4.40 Å². The molecule has 0 aliphatic heterocycles. The van der Waals surface area contributed by atoms with Crippen molar-refractivity contribution in [3.63, 3.8) is 0 Å². The van der Waals surface area contributed by atoms with E-state index in [-0.39, 0.29) is 22.7 Å². The molecule has 3 N–H and O–H groups in total. The number of nitrogens with two attached hydrogens (primary N) is 1. The molecule has 0 fully saturated rings. The number of pyridine rings is 1. The number of nitrogen functional groups attached to an aromatic ring is 1. The molecule has 0 aliphatic carbocycles. The van der Waals surface area contributed by atoms with Gasteiger partial charge >= 0.3 is 6.01 Å². The molecule has 10 heteroatoms. The minimum Gasteiger partial charge on any atom is -0.408 e. The summed E-state index contributed by atoms with van der Waals surface area (Å²) in [6, 6.07) is 4.82. The molecule has 3 rings (SSSR count). The molecule has 0 aromatic carbocycles. The summed E-state index contributed by atoms with van der Waals surface area (Å²) in [5.74, 6) is 0.133. The van der Waals surface area contributed by atoms with Gasteiger partial charge in [-0.05, 0) is 12.1 Å². The van der Waals surface area contributed by atoms with Crippen LogP contribution in [0.25, 0.3) is 5.65 Å². The fourth-order valence-electron chi connectivity index (χ4n) is 1.76. The second kappa shape index (κ2) is 4.20. The first-order chi connectivity index (χ1) is 9.47. The van der Waals surface area contributed by atoms with E-state index in [2.05, 4.69) is 19.9 Å². The number of anilines is 2. The van der Waals surface area contributed by atoms with E-state index in [1.54, 1.807) is 31.3 Å². The fourth-order valence-corrected chi connectivity index (χ4v) is 2.90. The highest BCUT2D eigenvalue weighted by Gasteiger charge is 2.25. The molecule has 0 saturated heterocycles. The molecule has 0 radical (unpaired) electrons. The summed E-state index contributed by atoms with van der Waals surface area (Å²) >= 11 is 0. The molecule has 0 bridgehead atoms. The van der Waals surface area contributed by atoms with Gasteiger partial charge < -0.3 is 10.2 Å². The van der Waals surface area contributed by atoms with Crippen molar-refractivity contribution in [2.24, 2.45) is 0 Å². The van der Waals surface area contributed by atoms with Crippen LogP contribution in [0.2, 0.25) is 0 Å². The van der Waals surface area contributed by atoms with Crippen molar-refractivity contribution >= 4 is 27.5 Å². The summed E-state index contributed by atoms with van der Waals surface area (Å²) < 4.78 is 33.2. The van der Waals surface area contributed by atoms with E-state index >= 15 is 0 Å². The molecular formula is C10H10N6O3S. The summed E-state index contributed by atoms with van der Waals surface area (Å²) in [5, 5.41) is 6.94. The monoisotopic (exact) mass is 294 g/mol. The Labute approximate surface area is 113 Å². The lowest BCUT2D eigenvalue weighted by Gasteiger charge is -2.04. The molecule has 0 amide bonds. The first-order valence-corrected chi connectivity index (χ1v) is 7.01. The number of aryl methyl sites for hydroxylation is 1. The average Bonchev–Trinajstić information content (AvgIpc) is 2.91. The highest BCUT2D eigenvalue weighted by molar-refractivity contribution is 7.92. The Morgan fingerprint density at radius 3 is 2.85 bits per heavy atom. The van der Waals surface area contributed by atoms with Crippen molar-refractivity contribution in [3.05, 3.63) is 30.3 Å². The van der Waals surface area contributed by atoms with E-state index in [1.807, 2.05) is 0 Å². The molecule has 3 heterocycles. The van der Waals surface area contributed by atoms with E-state index in [1.165, 1.54) is 4.40 Å². The number of rotatable bonds is 3. The van der Waals surface area contributed by atoms with Crippen LogP contribution in [0.1, 0.15) is 5.89 Å². The summed E-state index contributed by atoms with van der Waals surface area (Å²) in [6.45, 7) is 1.55. The van der Waals surface area contributed by atoms with E-state index in [4.69, 9.17) is 10.2 Å². The predicted octanol–water partition coefficient (Wildman–Crippen LogP) is 0.409. The van der Waals surface area contributed by atoms with E-state index in [0.29, 0.717) is 5.65 Å². The number of sulfonamides is 1. The lowest BCUT2D eigenvalue weighted by molar-refractivity contribution is 0.534. The summed E-state index contributed by atoms with van der Waals surface area (Å²) in [7, 11) is -3.98. The van der Waals surface area contributed by atoms with Crippen LogP contribution >= 0.6 is 0 Å². The molecule has 9 nitrogen and oxygen atoms in total. The quantitative estimate of drug-likeness (QED) is 0.715. The average molecular weight is 294 g/mol. The lowest BCUT2D eigenvalue weighted by Crippen LogP contribution is -2.16. The zero-order chi connectivity index (χ0) is 14.3. The molecule has 0 atom stereocenters. The van der Waals surface area contributed by atoms with Gasteiger partial charge in [-0.2, -0.15) is 8.42 Å². The Bertz CT molecular complexity index is 881. The molecule has 0 spiro atoms. The van der Waals surface area contributed by atoms with E-state index < -0.39 is 10.0 Å². The summed E-state index contributed by atoms with van der Waals surface area (Å²) in [4.78, 5) is 3.98. The Balaban J connectivity index is 2.11. The maximum absolute atomic E-state index is 12.3. The molecule has 0 saturated carbocycles. The van der Waals surface area contributed by atoms with Crippen molar-refractivity contribution in [1.29, 1.82) is 0 Å². The van der Waals surface area contributed by atoms with Crippen LogP contribution in [0.4, 0.5) is 11.8 Å². The third-order valence-corrected chi connectivity index (χ3v) is 3.87. The number of imidazole rings is 1. The standard InChI is InChI=1S/C10H10N6O3S/c1-6-13-14-10(19-6)15-20(17,18)9-8(11)12-7-4-2-3-5-16(7)9/h2-5H,11H2,1H3,(H,14,15). The molecule has 3 aromatic heterocycles. The van der Waals surface area contributed by atoms with Gasteiger partial charge in [0.2, 0.25) is 10.9 Å². The molecule has 20 heavy (non-hydrogen) atoms. The van der Waals surface area contributed by atoms with Crippen LogP contribution in [0, 0.1) is 6.92 Å². The third kappa shape index (κ3) is 1.95. The third-order valence-electron chi connectivity index (χ3n) is 2.51. The largest absolute Gasteiger partial charge is 0.408 e. The summed E-state index contributed by atoms with van der Waals surface area (Å²) in [6.07, 6.45) is 1.55. The van der Waals surface area contributed by atoms with Crippen molar-refractivity contribution in [2.75, 3.05) is 10.5 Å². The zero-order valence-electron chi connectivity index (χ0n) is 10.3. The van der Waals surface area contributed by atoms with E-state index in [0.717, 1.165) is 0 Å². The van der Waals surface area contributed by atoms with Crippen molar-refractivity contribution in [1.82, 2.24) is 19.6 Å². The zero-order valence-corrected chi connectivity index (χ0v) is 11.1.